The fourth-order valence-corrected chi connectivity index (χ4v) is 9.46. The van der Waals surface area contributed by atoms with Crippen LogP contribution >= 0.6 is 0 Å². The first-order valence-corrected chi connectivity index (χ1v) is 15.6. The summed E-state index contributed by atoms with van der Waals surface area (Å²) in [6.45, 7) is 12.6. The van der Waals surface area contributed by atoms with Crippen LogP contribution in [0, 0.1) is 51.8 Å². The zero-order valence-corrected chi connectivity index (χ0v) is 25.2. The van der Waals surface area contributed by atoms with Crippen molar-refractivity contribution in [2.24, 2.45) is 51.8 Å². The van der Waals surface area contributed by atoms with Crippen molar-refractivity contribution in [1.82, 2.24) is 0 Å². The number of aliphatic hydroxyl groups is 3. The van der Waals surface area contributed by atoms with Gasteiger partial charge in [0.2, 0.25) is 0 Å². The Hall–Kier alpha value is -1.18. The summed E-state index contributed by atoms with van der Waals surface area (Å²) in [6.07, 6.45) is 6.89. The van der Waals surface area contributed by atoms with Crippen LogP contribution in [0.1, 0.15) is 106 Å². The van der Waals surface area contributed by atoms with E-state index in [4.69, 9.17) is 14.6 Å². The molecule has 224 valence electrons. The summed E-state index contributed by atoms with van der Waals surface area (Å²) in [5, 5.41) is 32.4. The van der Waals surface area contributed by atoms with Crippen LogP contribution in [0.2, 0.25) is 0 Å². The maximum absolute atomic E-state index is 12.8. The molecule has 11 atom stereocenters. The molecule has 0 aromatic rings. The molecule has 0 radical (unpaired) electrons. The van der Waals surface area contributed by atoms with Crippen LogP contribution in [0.15, 0.2) is 0 Å². The Balaban J connectivity index is 1.46. The van der Waals surface area contributed by atoms with E-state index in [2.05, 4.69) is 20.8 Å². The van der Waals surface area contributed by atoms with Crippen LogP contribution < -0.4 is 0 Å². The third-order valence-electron chi connectivity index (χ3n) is 12.4. The van der Waals surface area contributed by atoms with Crippen molar-refractivity contribution in [2.45, 2.75) is 124 Å². The zero-order chi connectivity index (χ0) is 28.8. The highest BCUT2D eigenvalue weighted by atomic mass is 16.5. The summed E-state index contributed by atoms with van der Waals surface area (Å²) in [5.74, 6) is 1.12. The second-order valence-corrected chi connectivity index (χ2v) is 14.6. The highest BCUT2D eigenvalue weighted by Gasteiger charge is 2.65. The lowest BCUT2D eigenvalue weighted by molar-refractivity contribution is -0.210. The van der Waals surface area contributed by atoms with E-state index in [9.17, 15) is 19.8 Å². The van der Waals surface area contributed by atoms with E-state index in [0.717, 1.165) is 44.9 Å². The molecule has 0 spiro atoms. The Labute approximate surface area is 235 Å². The van der Waals surface area contributed by atoms with E-state index in [1.165, 1.54) is 0 Å². The number of ether oxygens (including phenoxy) is 2. The molecular weight excluding hydrogens is 496 g/mol. The van der Waals surface area contributed by atoms with Gasteiger partial charge < -0.3 is 24.8 Å². The van der Waals surface area contributed by atoms with Crippen LogP contribution in [0.3, 0.4) is 0 Å². The minimum absolute atomic E-state index is 0.0234. The molecule has 0 aromatic carbocycles. The van der Waals surface area contributed by atoms with Gasteiger partial charge in [0.1, 0.15) is 12.7 Å². The molecule has 3 N–H and O–H groups in total. The fraction of sp³-hybridized carbons (Fsp3) is 0.938. The van der Waals surface area contributed by atoms with Gasteiger partial charge in [0.15, 0.2) is 0 Å². The second kappa shape index (κ2) is 11.6. The van der Waals surface area contributed by atoms with Gasteiger partial charge >= 0.3 is 11.9 Å². The molecule has 4 aliphatic rings. The third kappa shape index (κ3) is 5.53. The number of hydrogen-bond donors (Lipinski definition) is 3. The van der Waals surface area contributed by atoms with Crippen molar-refractivity contribution in [1.29, 1.82) is 0 Å². The molecule has 0 saturated heterocycles. The van der Waals surface area contributed by atoms with Crippen molar-refractivity contribution in [2.75, 3.05) is 13.2 Å². The van der Waals surface area contributed by atoms with E-state index in [-0.39, 0.29) is 71.7 Å². The Kier molecular flexibility index (Phi) is 9.15. The van der Waals surface area contributed by atoms with Crippen molar-refractivity contribution in [3.8, 4) is 0 Å². The van der Waals surface area contributed by atoms with Crippen molar-refractivity contribution in [3.05, 3.63) is 0 Å². The third-order valence-corrected chi connectivity index (χ3v) is 12.4. The zero-order valence-electron chi connectivity index (χ0n) is 25.2. The summed E-state index contributed by atoms with van der Waals surface area (Å²) < 4.78 is 11.1. The molecule has 0 amide bonds. The predicted octanol–water partition coefficient (Wildman–Crippen LogP) is 4.89. The predicted molar refractivity (Wildman–Crippen MR) is 148 cm³/mol. The average Bonchev–Trinajstić information content (AvgIpc) is 3.25. The molecule has 39 heavy (non-hydrogen) atoms. The molecule has 0 bridgehead atoms. The highest BCUT2D eigenvalue weighted by Crippen LogP contribution is 2.68. The van der Waals surface area contributed by atoms with Gasteiger partial charge in [-0.15, -0.1) is 0 Å². The number of rotatable bonds is 9. The molecule has 4 aliphatic carbocycles. The Bertz CT molecular complexity index is 888. The SMILES string of the molecule is CCC(C)(C)C(=O)OC1CCC2(C)C(C1)CC(O)C1C2CC(O)C2(C)C(C(C)CCC(=O)OCCO)CCC12. The van der Waals surface area contributed by atoms with Gasteiger partial charge in [-0.3, -0.25) is 9.59 Å². The van der Waals surface area contributed by atoms with Gasteiger partial charge in [0, 0.05) is 6.42 Å². The van der Waals surface area contributed by atoms with E-state index in [1.54, 1.807) is 0 Å². The Morgan fingerprint density at radius 3 is 2.44 bits per heavy atom. The lowest BCUT2D eigenvalue weighted by Crippen LogP contribution is -2.62. The molecule has 7 nitrogen and oxygen atoms in total. The van der Waals surface area contributed by atoms with Gasteiger partial charge in [-0.2, -0.15) is 0 Å². The Morgan fingerprint density at radius 1 is 1.05 bits per heavy atom. The number of hydrogen-bond acceptors (Lipinski definition) is 7. The number of esters is 2. The number of fused-ring (bicyclic) bond motifs is 5. The van der Waals surface area contributed by atoms with Crippen molar-refractivity contribution >= 4 is 11.9 Å². The maximum atomic E-state index is 12.8. The summed E-state index contributed by atoms with van der Waals surface area (Å²) in [7, 11) is 0. The van der Waals surface area contributed by atoms with Crippen LogP contribution in [-0.4, -0.2) is 58.8 Å². The lowest BCUT2D eigenvalue weighted by Gasteiger charge is -2.63. The first kappa shape index (κ1) is 30.8. The van der Waals surface area contributed by atoms with Crippen LogP contribution in [-0.2, 0) is 19.1 Å². The second-order valence-electron chi connectivity index (χ2n) is 14.6. The quantitative estimate of drug-likeness (QED) is 0.351. The monoisotopic (exact) mass is 550 g/mol. The van der Waals surface area contributed by atoms with Gasteiger partial charge in [-0.05, 0) is 118 Å². The van der Waals surface area contributed by atoms with Crippen molar-refractivity contribution < 1.29 is 34.4 Å². The summed E-state index contributed by atoms with van der Waals surface area (Å²) in [6, 6.07) is 0. The minimum Gasteiger partial charge on any atom is -0.463 e. The van der Waals surface area contributed by atoms with Crippen LogP contribution in [0.25, 0.3) is 0 Å². The fourth-order valence-electron chi connectivity index (χ4n) is 9.46. The average molecular weight is 551 g/mol. The molecule has 4 saturated carbocycles. The van der Waals surface area contributed by atoms with E-state index in [0.29, 0.717) is 25.2 Å². The lowest BCUT2D eigenvalue weighted by atomic mass is 9.43. The molecular formula is C32H54O7. The first-order chi connectivity index (χ1) is 18.3. The largest absolute Gasteiger partial charge is 0.463 e. The van der Waals surface area contributed by atoms with Crippen LogP contribution in [0.5, 0.6) is 0 Å². The molecule has 11 unspecified atom stereocenters. The normalized spacial score (nSPS) is 42.6. The highest BCUT2D eigenvalue weighted by molar-refractivity contribution is 5.76. The van der Waals surface area contributed by atoms with Gasteiger partial charge in [0.25, 0.3) is 0 Å². The van der Waals surface area contributed by atoms with Crippen molar-refractivity contribution in [3.63, 3.8) is 0 Å². The van der Waals surface area contributed by atoms with Gasteiger partial charge in [-0.1, -0.05) is 27.7 Å². The maximum Gasteiger partial charge on any atom is 0.311 e. The van der Waals surface area contributed by atoms with E-state index in [1.807, 2.05) is 20.8 Å². The molecule has 4 fully saturated rings. The van der Waals surface area contributed by atoms with Crippen LogP contribution in [0.4, 0.5) is 0 Å². The molecule has 0 aliphatic heterocycles. The Morgan fingerprint density at radius 2 is 1.77 bits per heavy atom. The first-order valence-electron chi connectivity index (χ1n) is 15.6. The minimum atomic E-state index is -0.480. The summed E-state index contributed by atoms with van der Waals surface area (Å²) in [4.78, 5) is 24.8. The standard InChI is InChI=1S/C32H54O7/c1-7-30(3,4)29(37)39-21-12-13-31(5)20(16-21)17-25(34)28-23-10-9-22(32(23,6)26(35)18-24(28)31)19(2)8-11-27(36)38-15-14-33/h19-26,28,33-35H,7-18H2,1-6H3. The molecule has 4 rings (SSSR count). The molecule has 0 aromatic heterocycles. The number of aliphatic hydroxyl groups excluding tert-OH is 3. The van der Waals surface area contributed by atoms with E-state index >= 15 is 0 Å². The van der Waals surface area contributed by atoms with Gasteiger partial charge in [0.05, 0.1) is 24.2 Å². The van der Waals surface area contributed by atoms with Gasteiger partial charge in [-0.25, -0.2) is 0 Å². The number of carbonyl (C=O) groups is 2. The summed E-state index contributed by atoms with van der Waals surface area (Å²) in [5.41, 5.74) is -0.737. The smallest absolute Gasteiger partial charge is 0.311 e. The summed E-state index contributed by atoms with van der Waals surface area (Å²) >= 11 is 0. The molecule has 7 heteroatoms. The number of carbonyl (C=O) groups excluding carboxylic acids is 2. The molecule has 0 heterocycles. The topological polar surface area (TPSA) is 113 Å². The van der Waals surface area contributed by atoms with E-state index < -0.39 is 17.6 Å².